The predicted octanol–water partition coefficient (Wildman–Crippen LogP) is 3.60. The van der Waals surface area contributed by atoms with Gasteiger partial charge in [0.1, 0.15) is 0 Å². The van der Waals surface area contributed by atoms with Crippen LogP contribution in [0.4, 0.5) is 17.6 Å². The molecule has 0 radical (unpaired) electrons. The summed E-state index contributed by atoms with van der Waals surface area (Å²) in [6, 6.07) is -0.0512. The van der Waals surface area contributed by atoms with E-state index in [4.69, 9.17) is 4.74 Å². The highest BCUT2D eigenvalue weighted by Gasteiger charge is 2.35. The van der Waals surface area contributed by atoms with E-state index in [1.54, 1.807) is 0 Å². The van der Waals surface area contributed by atoms with Gasteiger partial charge in [-0.3, -0.25) is 14.6 Å². The number of carbonyl (C=O) groups is 2. The van der Waals surface area contributed by atoms with Gasteiger partial charge in [-0.25, -0.2) is 17.6 Å². The smallest absolute Gasteiger partial charge is 0.322 e. The molecule has 1 atom stereocenters. The Labute approximate surface area is 143 Å². The third-order valence-electron chi connectivity index (χ3n) is 3.27. The summed E-state index contributed by atoms with van der Waals surface area (Å²) in [5.74, 6) is -11.8. The van der Waals surface area contributed by atoms with Crippen LogP contribution < -0.4 is 0 Å². The van der Waals surface area contributed by atoms with Gasteiger partial charge in [-0.15, -0.1) is 0 Å². The second kappa shape index (κ2) is 7.42. The molecule has 0 bridgehead atoms. The normalized spacial score (nSPS) is 15.6. The molecule has 1 aliphatic carbocycles. The number of nitrogens with zero attached hydrogens (tertiary/aromatic N) is 1. The lowest BCUT2D eigenvalue weighted by Gasteiger charge is -2.13. The van der Waals surface area contributed by atoms with Crippen molar-refractivity contribution in [2.24, 2.45) is 10.9 Å². The number of rotatable bonds is 6. The van der Waals surface area contributed by atoms with Crippen LogP contribution in [-0.4, -0.2) is 30.6 Å². The van der Waals surface area contributed by atoms with Gasteiger partial charge in [0, 0.05) is 12.3 Å². The number of hydrogen-bond acceptors (Lipinski definition) is 4. The van der Waals surface area contributed by atoms with Crippen molar-refractivity contribution in [2.45, 2.75) is 25.8 Å². The molecule has 0 aliphatic heterocycles. The highest BCUT2D eigenvalue weighted by molar-refractivity contribution is 9.10. The molecule has 2 rings (SSSR count). The second-order valence-corrected chi connectivity index (χ2v) is 5.86. The predicted molar refractivity (Wildman–Crippen MR) is 79.9 cm³/mol. The Bertz CT molecular complexity index is 690. The molecule has 0 heterocycles. The molecule has 1 fully saturated rings. The average molecular weight is 410 g/mol. The number of Topliss-reactive ketones (excluding diaryl/α,β-unsaturated/α-hetero) is 1. The molecular weight excluding hydrogens is 398 g/mol. The van der Waals surface area contributed by atoms with Gasteiger partial charge in [-0.05, 0) is 35.7 Å². The van der Waals surface area contributed by atoms with Crippen LogP contribution in [0.25, 0.3) is 0 Å². The molecule has 130 valence electrons. The summed E-state index contributed by atoms with van der Waals surface area (Å²) in [6.45, 7) is 1.43. The van der Waals surface area contributed by atoms with Crippen molar-refractivity contribution in [3.05, 3.63) is 33.3 Å². The number of carbonyl (C=O) groups excluding carboxylic acids is 2. The first kappa shape index (κ1) is 18.6. The molecule has 9 heteroatoms. The summed E-state index contributed by atoms with van der Waals surface area (Å²) >= 11 is 2.53. The summed E-state index contributed by atoms with van der Waals surface area (Å²) in [7, 11) is 0. The van der Waals surface area contributed by atoms with Crippen molar-refractivity contribution in [1.29, 1.82) is 0 Å². The molecule has 0 spiro atoms. The van der Waals surface area contributed by atoms with Gasteiger partial charge < -0.3 is 4.74 Å². The SMILES string of the molecule is CCOC(=O)C(C=NC1CC1)C(=O)c1c(F)c(F)c(F)c(F)c1Br. The molecular formula is C15H12BrF4NO3. The van der Waals surface area contributed by atoms with Crippen LogP contribution in [0.1, 0.15) is 30.1 Å². The van der Waals surface area contributed by atoms with Crippen LogP contribution in [-0.2, 0) is 9.53 Å². The van der Waals surface area contributed by atoms with Crippen molar-refractivity contribution in [1.82, 2.24) is 0 Å². The van der Waals surface area contributed by atoms with Crippen LogP contribution in [0.5, 0.6) is 0 Å². The summed E-state index contributed by atoms with van der Waals surface area (Å²) in [4.78, 5) is 28.3. The minimum atomic E-state index is -2.14. The fraction of sp³-hybridized carbons (Fsp3) is 0.400. The number of halogens is 5. The van der Waals surface area contributed by atoms with Gasteiger partial charge in [0.2, 0.25) is 0 Å². The zero-order chi connectivity index (χ0) is 18.0. The average Bonchev–Trinajstić information content (AvgIpc) is 3.36. The Morgan fingerprint density at radius 3 is 2.33 bits per heavy atom. The van der Waals surface area contributed by atoms with Crippen LogP contribution in [0.2, 0.25) is 0 Å². The summed E-state index contributed by atoms with van der Waals surface area (Å²) in [6.07, 6.45) is 2.53. The van der Waals surface area contributed by atoms with Crippen molar-refractivity contribution in [3.8, 4) is 0 Å². The molecule has 1 saturated carbocycles. The van der Waals surface area contributed by atoms with Crippen LogP contribution in [0.3, 0.4) is 0 Å². The van der Waals surface area contributed by atoms with E-state index in [1.165, 1.54) is 6.92 Å². The third kappa shape index (κ3) is 3.66. The molecule has 4 nitrogen and oxygen atoms in total. The van der Waals surface area contributed by atoms with E-state index in [2.05, 4.69) is 20.9 Å². The Morgan fingerprint density at radius 1 is 1.21 bits per heavy atom. The first-order chi connectivity index (χ1) is 11.3. The van der Waals surface area contributed by atoms with E-state index >= 15 is 0 Å². The van der Waals surface area contributed by atoms with Gasteiger partial charge in [0.25, 0.3) is 0 Å². The van der Waals surface area contributed by atoms with Crippen LogP contribution in [0, 0.1) is 29.2 Å². The maximum Gasteiger partial charge on any atom is 0.322 e. The summed E-state index contributed by atoms with van der Waals surface area (Å²) < 4.78 is 58.0. The molecule has 1 aliphatic rings. The molecule has 1 aromatic rings. The first-order valence-electron chi connectivity index (χ1n) is 7.05. The standard InChI is InChI=1S/C15H12BrF4NO3/c1-2-24-15(23)7(5-21-6-3-4-6)14(22)8-9(16)11(18)13(20)12(19)10(8)17/h5-7H,2-4H2,1H3. The highest BCUT2D eigenvalue weighted by Crippen LogP contribution is 2.31. The van der Waals surface area contributed by atoms with Crippen LogP contribution in [0.15, 0.2) is 9.47 Å². The van der Waals surface area contributed by atoms with Gasteiger partial charge in [0.15, 0.2) is 35.0 Å². The number of ether oxygens (including phenoxy) is 1. The molecule has 0 N–H and O–H groups in total. The Hall–Kier alpha value is -1.77. The molecule has 0 aromatic heterocycles. The number of ketones is 1. The van der Waals surface area contributed by atoms with Gasteiger partial charge in [0.05, 0.1) is 16.6 Å². The van der Waals surface area contributed by atoms with Crippen LogP contribution >= 0.6 is 15.9 Å². The largest absolute Gasteiger partial charge is 0.465 e. The number of aliphatic imine (C=N–C) groups is 1. The fourth-order valence-electron chi connectivity index (χ4n) is 1.88. The fourth-order valence-corrected chi connectivity index (χ4v) is 2.42. The van der Waals surface area contributed by atoms with Crippen molar-refractivity contribution < 1.29 is 31.9 Å². The van der Waals surface area contributed by atoms with E-state index < -0.39 is 51.0 Å². The first-order valence-corrected chi connectivity index (χ1v) is 7.84. The van der Waals surface area contributed by atoms with Gasteiger partial charge in [-0.2, -0.15) is 0 Å². The van der Waals surface area contributed by atoms with Crippen molar-refractivity contribution >= 4 is 33.9 Å². The third-order valence-corrected chi connectivity index (χ3v) is 4.02. The lowest BCUT2D eigenvalue weighted by Crippen LogP contribution is -2.29. The quantitative estimate of drug-likeness (QED) is 0.137. The summed E-state index contributed by atoms with van der Waals surface area (Å²) in [5.41, 5.74) is -1.10. The zero-order valence-electron chi connectivity index (χ0n) is 12.4. The highest BCUT2D eigenvalue weighted by atomic mass is 79.9. The molecule has 24 heavy (non-hydrogen) atoms. The molecule has 1 aromatic carbocycles. The lowest BCUT2D eigenvalue weighted by molar-refractivity contribution is -0.143. The Balaban J connectivity index is 2.47. The number of hydrogen-bond donors (Lipinski definition) is 0. The number of esters is 1. The molecule has 0 amide bonds. The number of benzene rings is 1. The van der Waals surface area contributed by atoms with E-state index in [0.29, 0.717) is 0 Å². The van der Waals surface area contributed by atoms with Gasteiger partial charge in [-0.1, -0.05) is 0 Å². The Morgan fingerprint density at radius 2 is 1.79 bits per heavy atom. The van der Waals surface area contributed by atoms with Crippen molar-refractivity contribution in [2.75, 3.05) is 6.61 Å². The minimum absolute atomic E-state index is 0.0512. The summed E-state index contributed by atoms with van der Waals surface area (Å²) in [5, 5.41) is 0. The van der Waals surface area contributed by atoms with E-state index in [-0.39, 0.29) is 12.6 Å². The molecule has 0 saturated heterocycles. The monoisotopic (exact) mass is 409 g/mol. The topological polar surface area (TPSA) is 55.7 Å². The van der Waals surface area contributed by atoms with E-state index in [0.717, 1.165) is 19.1 Å². The maximum atomic E-state index is 13.9. The molecule has 1 unspecified atom stereocenters. The second-order valence-electron chi connectivity index (χ2n) is 5.07. The Kier molecular flexibility index (Phi) is 5.74. The minimum Gasteiger partial charge on any atom is -0.465 e. The zero-order valence-corrected chi connectivity index (χ0v) is 14.0. The maximum absolute atomic E-state index is 13.9. The van der Waals surface area contributed by atoms with E-state index in [1.807, 2.05) is 0 Å². The van der Waals surface area contributed by atoms with Crippen molar-refractivity contribution in [3.63, 3.8) is 0 Å². The van der Waals surface area contributed by atoms with Gasteiger partial charge >= 0.3 is 5.97 Å². The van der Waals surface area contributed by atoms with E-state index in [9.17, 15) is 27.2 Å². The lowest BCUT2D eigenvalue weighted by atomic mass is 9.97.